The maximum atomic E-state index is 12.7. The fourth-order valence-corrected chi connectivity index (χ4v) is 2.82. The molecule has 0 bridgehead atoms. The summed E-state index contributed by atoms with van der Waals surface area (Å²) in [5.41, 5.74) is 0. The van der Waals surface area contributed by atoms with Crippen molar-refractivity contribution in [2.45, 2.75) is 6.04 Å². The molecule has 1 atom stereocenters. The number of carboxylic acids is 1. The normalized spacial score (nSPS) is 18.4. The molecule has 1 unspecified atom stereocenters. The number of hydrogen-bond acceptors (Lipinski definition) is 4. The number of thioether (sulfide) groups is 1. The van der Waals surface area contributed by atoms with Crippen molar-refractivity contribution in [1.82, 2.24) is 4.90 Å². The molecule has 1 aromatic rings. The second-order valence-electron chi connectivity index (χ2n) is 3.96. The Hall–Kier alpha value is -1.76. The van der Waals surface area contributed by atoms with Crippen molar-refractivity contribution in [2.75, 3.05) is 18.2 Å². The number of hydrogen-bond donors (Lipinski definition) is 1. The lowest BCUT2D eigenvalue weighted by molar-refractivity contribution is -0.148. The molecule has 2 rings (SSSR count). The Morgan fingerprint density at radius 3 is 2.74 bits per heavy atom. The monoisotopic (exact) mass is 285 g/mol. The van der Waals surface area contributed by atoms with Crippen LogP contribution in [0, 0.1) is 5.82 Å². The number of amides is 1. The Morgan fingerprint density at radius 1 is 1.42 bits per heavy atom. The van der Waals surface area contributed by atoms with Crippen molar-refractivity contribution in [2.24, 2.45) is 0 Å². The van der Waals surface area contributed by atoms with Crippen molar-refractivity contribution in [3.05, 3.63) is 30.1 Å². The van der Waals surface area contributed by atoms with Crippen LogP contribution in [0.4, 0.5) is 4.39 Å². The van der Waals surface area contributed by atoms with Crippen LogP contribution in [0.5, 0.6) is 5.75 Å². The smallest absolute Gasteiger partial charge is 0.327 e. The van der Waals surface area contributed by atoms with Crippen molar-refractivity contribution >= 4 is 23.6 Å². The number of ether oxygens (including phenoxy) is 1. The average Bonchev–Trinajstić information content (AvgIpc) is 2.87. The van der Waals surface area contributed by atoms with Crippen molar-refractivity contribution < 1.29 is 23.8 Å². The van der Waals surface area contributed by atoms with Gasteiger partial charge in [-0.05, 0) is 24.3 Å². The van der Waals surface area contributed by atoms with E-state index in [-0.39, 0.29) is 18.3 Å². The van der Waals surface area contributed by atoms with Gasteiger partial charge in [0.1, 0.15) is 17.6 Å². The van der Waals surface area contributed by atoms with Crippen molar-refractivity contribution in [3.63, 3.8) is 0 Å². The molecule has 5 nitrogen and oxygen atoms in total. The van der Waals surface area contributed by atoms with Crippen LogP contribution >= 0.6 is 11.8 Å². The summed E-state index contributed by atoms with van der Waals surface area (Å²) in [5.74, 6) is -0.684. The van der Waals surface area contributed by atoms with Gasteiger partial charge in [-0.3, -0.25) is 4.79 Å². The summed E-state index contributed by atoms with van der Waals surface area (Å²) in [6.45, 7) is -0.254. The topological polar surface area (TPSA) is 66.8 Å². The Kier molecular flexibility index (Phi) is 4.26. The lowest BCUT2D eigenvalue weighted by atomic mass is 10.3. The molecule has 1 heterocycles. The SMILES string of the molecule is O=C(O)C1CSCN1C(=O)COc1ccc(F)cc1. The molecule has 0 aromatic heterocycles. The largest absolute Gasteiger partial charge is 0.484 e. The average molecular weight is 285 g/mol. The number of aliphatic carboxylic acids is 1. The molecule has 1 aliphatic heterocycles. The van der Waals surface area contributed by atoms with E-state index in [9.17, 15) is 14.0 Å². The minimum absolute atomic E-state index is 0.254. The molecule has 102 valence electrons. The Morgan fingerprint density at radius 2 is 2.11 bits per heavy atom. The maximum absolute atomic E-state index is 12.7. The van der Waals surface area contributed by atoms with Gasteiger partial charge in [0.15, 0.2) is 6.61 Å². The standard InChI is InChI=1S/C12H12FNO4S/c13-8-1-3-9(4-2-8)18-5-11(15)14-7-19-6-10(14)12(16)17/h1-4,10H,5-7H2,(H,16,17). The first kappa shape index (κ1) is 13.7. The van der Waals surface area contributed by atoms with E-state index >= 15 is 0 Å². The molecule has 0 radical (unpaired) electrons. The second-order valence-corrected chi connectivity index (χ2v) is 4.96. The third-order valence-electron chi connectivity index (χ3n) is 2.66. The minimum Gasteiger partial charge on any atom is -0.484 e. The molecule has 1 aliphatic rings. The fourth-order valence-electron chi connectivity index (χ4n) is 1.65. The highest BCUT2D eigenvalue weighted by atomic mass is 32.2. The number of halogens is 1. The first-order valence-electron chi connectivity index (χ1n) is 5.56. The molecule has 1 amide bonds. The Bertz CT molecular complexity index is 479. The molecule has 1 fully saturated rings. The third kappa shape index (κ3) is 3.37. The molecular formula is C12H12FNO4S. The van der Waals surface area contributed by atoms with Crippen LogP contribution in [0.3, 0.4) is 0 Å². The van der Waals surface area contributed by atoms with Gasteiger partial charge >= 0.3 is 5.97 Å². The number of carbonyl (C=O) groups is 2. The van der Waals surface area contributed by atoms with E-state index in [1.165, 1.54) is 40.9 Å². The number of rotatable bonds is 4. The van der Waals surface area contributed by atoms with Gasteiger partial charge in [0.2, 0.25) is 0 Å². The number of carboxylic acid groups (broad SMARTS) is 1. The van der Waals surface area contributed by atoms with Crippen LogP contribution in [0.25, 0.3) is 0 Å². The first-order chi connectivity index (χ1) is 9.08. The van der Waals surface area contributed by atoms with E-state index in [0.717, 1.165) is 0 Å². The predicted octanol–water partition coefficient (Wildman–Crippen LogP) is 1.19. The zero-order valence-corrected chi connectivity index (χ0v) is 10.7. The van der Waals surface area contributed by atoms with E-state index in [1.807, 2.05) is 0 Å². The quantitative estimate of drug-likeness (QED) is 0.900. The molecule has 0 aliphatic carbocycles. The summed E-state index contributed by atoms with van der Waals surface area (Å²) in [7, 11) is 0. The Labute approximate surface area is 113 Å². The minimum atomic E-state index is -1.01. The summed E-state index contributed by atoms with van der Waals surface area (Å²) >= 11 is 1.39. The molecule has 1 aromatic carbocycles. The fraction of sp³-hybridized carbons (Fsp3) is 0.333. The summed E-state index contributed by atoms with van der Waals surface area (Å²) in [4.78, 5) is 24.1. The van der Waals surface area contributed by atoms with E-state index < -0.39 is 12.0 Å². The van der Waals surface area contributed by atoms with Crippen LogP contribution < -0.4 is 4.74 Å². The van der Waals surface area contributed by atoms with Gasteiger partial charge in [-0.25, -0.2) is 9.18 Å². The van der Waals surface area contributed by atoms with Crippen LogP contribution in [-0.2, 0) is 9.59 Å². The van der Waals surface area contributed by atoms with Gasteiger partial charge in [0, 0.05) is 5.75 Å². The summed E-state index contributed by atoms with van der Waals surface area (Å²) in [6.07, 6.45) is 0. The van der Waals surface area contributed by atoms with E-state index in [1.54, 1.807) is 0 Å². The van der Waals surface area contributed by atoms with Crippen LogP contribution in [0.1, 0.15) is 0 Å². The Balaban J connectivity index is 1.90. The van der Waals surface area contributed by atoms with Gasteiger partial charge in [0.25, 0.3) is 5.91 Å². The van der Waals surface area contributed by atoms with Gasteiger partial charge in [-0.1, -0.05) is 0 Å². The van der Waals surface area contributed by atoms with Gasteiger partial charge in [-0.2, -0.15) is 0 Å². The number of benzene rings is 1. The van der Waals surface area contributed by atoms with E-state index in [4.69, 9.17) is 9.84 Å². The zero-order chi connectivity index (χ0) is 13.8. The summed E-state index contributed by atoms with van der Waals surface area (Å²) in [6, 6.07) is 4.48. The maximum Gasteiger partial charge on any atom is 0.327 e. The highest BCUT2D eigenvalue weighted by Gasteiger charge is 2.34. The molecule has 19 heavy (non-hydrogen) atoms. The molecule has 1 N–H and O–H groups in total. The van der Waals surface area contributed by atoms with E-state index in [2.05, 4.69) is 0 Å². The van der Waals surface area contributed by atoms with Gasteiger partial charge < -0.3 is 14.7 Å². The van der Waals surface area contributed by atoms with Crippen LogP contribution in [0.2, 0.25) is 0 Å². The second kappa shape index (κ2) is 5.92. The van der Waals surface area contributed by atoms with Crippen molar-refractivity contribution in [1.29, 1.82) is 0 Å². The molecule has 1 saturated heterocycles. The molecule has 7 heteroatoms. The van der Waals surface area contributed by atoms with Gasteiger partial charge in [-0.15, -0.1) is 11.8 Å². The highest BCUT2D eigenvalue weighted by Crippen LogP contribution is 2.21. The van der Waals surface area contributed by atoms with Crippen LogP contribution in [0.15, 0.2) is 24.3 Å². The zero-order valence-electron chi connectivity index (χ0n) is 9.91. The predicted molar refractivity (Wildman–Crippen MR) is 67.5 cm³/mol. The third-order valence-corrected chi connectivity index (χ3v) is 3.68. The number of nitrogens with zero attached hydrogens (tertiary/aromatic N) is 1. The first-order valence-corrected chi connectivity index (χ1v) is 6.72. The van der Waals surface area contributed by atoms with Gasteiger partial charge in [0.05, 0.1) is 5.88 Å². The van der Waals surface area contributed by atoms with Crippen molar-refractivity contribution in [3.8, 4) is 5.75 Å². The van der Waals surface area contributed by atoms with E-state index in [0.29, 0.717) is 17.4 Å². The molecular weight excluding hydrogens is 273 g/mol. The summed E-state index contributed by atoms with van der Waals surface area (Å²) < 4.78 is 17.9. The lowest BCUT2D eigenvalue weighted by Gasteiger charge is -2.20. The highest BCUT2D eigenvalue weighted by molar-refractivity contribution is 7.99. The lowest BCUT2D eigenvalue weighted by Crippen LogP contribution is -2.43. The molecule has 0 spiro atoms. The molecule has 0 saturated carbocycles. The summed E-state index contributed by atoms with van der Waals surface area (Å²) in [5, 5.41) is 8.96. The van der Waals surface area contributed by atoms with Crippen LogP contribution in [-0.4, -0.2) is 46.2 Å². The number of carbonyl (C=O) groups excluding carboxylic acids is 1.